The van der Waals surface area contributed by atoms with Crippen LogP contribution in [0.5, 0.6) is 0 Å². The summed E-state index contributed by atoms with van der Waals surface area (Å²) in [5.74, 6) is 1.17. The summed E-state index contributed by atoms with van der Waals surface area (Å²) in [6, 6.07) is 0.558. The molecule has 1 aromatic heterocycles. The zero-order chi connectivity index (χ0) is 10.7. The molecule has 2 rings (SSSR count). The first-order valence-corrected chi connectivity index (χ1v) is 6.95. The molecule has 0 aliphatic carbocycles. The molecule has 3 nitrogen and oxygen atoms in total. The number of thioether (sulfide) groups is 1. The van der Waals surface area contributed by atoms with Crippen molar-refractivity contribution in [2.24, 2.45) is 4.99 Å². The van der Waals surface area contributed by atoms with Gasteiger partial charge in [0.2, 0.25) is 0 Å². The van der Waals surface area contributed by atoms with E-state index in [1.165, 1.54) is 12.2 Å². The lowest BCUT2D eigenvalue weighted by Crippen LogP contribution is -2.35. The van der Waals surface area contributed by atoms with E-state index in [1.807, 2.05) is 18.7 Å². The Labute approximate surface area is 98.4 Å². The van der Waals surface area contributed by atoms with Gasteiger partial charge in [-0.3, -0.25) is 4.99 Å². The number of hydrogen-bond acceptors (Lipinski definition) is 4. The van der Waals surface area contributed by atoms with Crippen LogP contribution in [-0.4, -0.2) is 21.9 Å². The van der Waals surface area contributed by atoms with Crippen molar-refractivity contribution in [2.45, 2.75) is 32.9 Å². The van der Waals surface area contributed by atoms with Gasteiger partial charge < -0.3 is 5.32 Å². The van der Waals surface area contributed by atoms with E-state index in [1.54, 1.807) is 11.3 Å². The fraction of sp³-hybridized carbons (Fsp3) is 0.600. The molecule has 1 unspecified atom stereocenters. The van der Waals surface area contributed by atoms with Crippen molar-refractivity contribution < 1.29 is 0 Å². The molecule has 1 fully saturated rings. The molecule has 0 aromatic carbocycles. The molecular formula is C10H15N3S2. The van der Waals surface area contributed by atoms with E-state index in [-0.39, 0.29) is 0 Å². The van der Waals surface area contributed by atoms with Crippen molar-refractivity contribution in [3.05, 3.63) is 16.1 Å². The third kappa shape index (κ3) is 3.21. The number of amidine groups is 1. The van der Waals surface area contributed by atoms with E-state index in [0.717, 1.165) is 15.9 Å². The maximum Gasteiger partial charge on any atom is 0.157 e. The molecule has 0 spiro atoms. The van der Waals surface area contributed by atoms with Crippen LogP contribution in [-0.2, 0) is 6.54 Å². The van der Waals surface area contributed by atoms with Crippen LogP contribution in [0.25, 0.3) is 0 Å². The van der Waals surface area contributed by atoms with Crippen LogP contribution >= 0.6 is 23.1 Å². The van der Waals surface area contributed by atoms with Crippen LogP contribution in [0.1, 0.15) is 24.0 Å². The maximum atomic E-state index is 4.53. The highest BCUT2D eigenvalue weighted by atomic mass is 32.2. The zero-order valence-electron chi connectivity index (χ0n) is 8.99. The van der Waals surface area contributed by atoms with Gasteiger partial charge in [-0.1, -0.05) is 11.8 Å². The Morgan fingerprint density at radius 1 is 1.67 bits per heavy atom. The van der Waals surface area contributed by atoms with Crippen LogP contribution in [0, 0.1) is 6.92 Å². The second-order valence-electron chi connectivity index (χ2n) is 3.69. The number of thiazole rings is 1. The monoisotopic (exact) mass is 241 g/mol. The fourth-order valence-corrected chi connectivity index (χ4v) is 3.16. The summed E-state index contributed by atoms with van der Waals surface area (Å²) in [5, 5.41) is 7.62. The second kappa shape index (κ2) is 4.99. The summed E-state index contributed by atoms with van der Waals surface area (Å²) in [7, 11) is 0. The van der Waals surface area contributed by atoms with Crippen molar-refractivity contribution >= 4 is 28.3 Å². The lowest BCUT2D eigenvalue weighted by atomic mass is 10.3. The number of hydrogen-bond donors (Lipinski definition) is 1. The van der Waals surface area contributed by atoms with Gasteiger partial charge in [0.25, 0.3) is 0 Å². The Morgan fingerprint density at radius 3 is 3.20 bits per heavy atom. The van der Waals surface area contributed by atoms with Crippen LogP contribution in [0.2, 0.25) is 0 Å². The largest absolute Gasteiger partial charge is 0.362 e. The molecule has 0 bridgehead atoms. The van der Waals surface area contributed by atoms with Gasteiger partial charge in [0.15, 0.2) is 5.17 Å². The zero-order valence-corrected chi connectivity index (χ0v) is 10.6. The number of aryl methyl sites for hydroxylation is 1. The lowest BCUT2D eigenvalue weighted by molar-refractivity contribution is 0.642. The van der Waals surface area contributed by atoms with Gasteiger partial charge in [-0.2, -0.15) is 0 Å². The molecule has 0 saturated carbocycles. The van der Waals surface area contributed by atoms with E-state index in [4.69, 9.17) is 0 Å². The quantitative estimate of drug-likeness (QED) is 0.864. The summed E-state index contributed by atoms with van der Waals surface area (Å²) in [6.45, 7) is 4.92. The van der Waals surface area contributed by atoms with E-state index in [0.29, 0.717) is 12.6 Å². The minimum Gasteiger partial charge on any atom is -0.362 e. The standard InChI is InChI=1S/C10H15N3S2/c1-7-3-4-14-10(13-7)11-5-9-12-8(2)6-15-9/h6-7H,3-5H2,1-2H3,(H,11,13). The third-order valence-electron chi connectivity index (χ3n) is 2.18. The SMILES string of the molecule is Cc1csc(CN=C2NC(C)CCS2)n1. The van der Waals surface area contributed by atoms with Gasteiger partial charge in [-0.05, 0) is 20.3 Å². The van der Waals surface area contributed by atoms with E-state index < -0.39 is 0 Å². The Morgan fingerprint density at radius 2 is 2.53 bits per heavy atom. The van der Waals surface area contributed by atoms with Crippen molar-refractivity contribution in [2.75, 3.05) is 5.75 Å². The van der Waals surface area contributed by atoms with Crippen molar-refractivity contribution in [1.82, 2.24) is 10.3 Å². The van der Waals surface area contributed by atoms with Crippen LogP contribution in [0.3, 0.4) is 0 Å². The van der Waals surface area contributed by atoms with E-state index in [2.05, 4.69) is 27.6 Å². The number of rotatable bonds is 2. The number of aromatic nitrogens is 1. The second-order valence-corrected chi connectivity index (χ2v) is 5.71. The molecule has 1 N–H and O–H groups in total. The van der Waals surface area contributed by atoms with Gasteiger partial charge in [0.1, 0.15) is 5.01 Å². The van der Waals surface area contributed by atoms with Crippen molar-refractivity contribution in [3.8, 4) is 0 Å². The Hall–Kier alpha value is -0.550. The summed E-state index contributed by atoms with van der Waals surface area (Å²) in [5.41, 5.74) is 1.09. The Bertz CT molecular complexity index is 359. The van der Waals surface area contributed by atoms with Crippen LogP contribution in [0.15, 0.2) is 10.4 Å². The molecule has 1 atom stereocenters. The molecule has 0 amide bonds. The lowest BCUT2D eigenvalue weighted by Gasteiger charge is -2.21. The number of nitrogens with one attached hydrogen (secondary N) is 1. The summed E-state index contributed by atoms with van der Waals surface area (Å²) in [6.07, 6.45) is 1.22. The Kier molecular flexibility index (Phi) is 3.64. The van der Waals surface area contributed by atoms with E-state index >= 15 is 0 Å². The predicted octanol–water partition coefficient (Wildman–Crippen LogP) is 2.42. The highest BCUT2D eigenvalue weighted by Gasteiger charge is 2.12. The predicted molar refractivity (Wildman–Crippen MR) is 67.7 cm³/mol. The number of nitrogens with zero attached hydrogens (tertiary/aromatic N) is 2. The molecule has 1 aromatic rings. The molecule has 1 aliphatic heterocycles. The molecule has 15 heavy (non-hydrogen) atoms. The average Bonchev–Trinajstić information content (AvgIpc) is 2.62. The molecular weight excluding hydrogens is 226 g/mol. The van der Waals surface area contributed by atoms with Gasteiger partial charge in [0.05, 0.1) is 6.54 Å². The Balaban J connectivity index is 1.93. The average molecular weight is 241 g/mol. The fourth-order valence-electron chi connectivity index (χ4n) is 1.36. The van der Waals surface area contributed by atoms with Crippen LogP contribution in [0.4, 0.5) is 0 Å². The first-order valence-electron chi connectivity index (χ1n) is 5.09. The summed E-state index contributed by atoms with van der Waals surface area (Å²) in [4.78, 5) is 8.92. The smallest absolute Gasteiger partial charge is 0.157 e. The molecule has 2 heterocycles. The summed E-state index contributed by atoms with van der Waals surface area (Å²) >= 11 is 3.49. The minimum absolute atomic E-state index is 0.558. The topological polar surface area (TPSA) is 37.3 Å². The first kappa shape index (κ1) is 11.0. The van der Waals surface area contributed by atoms with Gasteiger partial charge in [-0.25, -0.2) is 4.98 Å². The summed E-state index contributed by atoms with van der Waals surface area (Å²) < 4.78 is 0. The van der Waals surface area contributed by atoms with Crippen molar-refractivity contribution in [3.63, 3.8) is 0 Å². The molecule has 82 valence electrons. The molecule has 5 heteroatoms. The van der Waals surface area contributed by atoms with Crippen LogP contribution < -0.4 is 5.32 Å². The molecule has 1 saturated heterocycles. The first-order chi connectivity index (χ1) is 7.24. The minimum atomic E-state index is 0.558. The third-order valence-corrected chi connectivity index (χ3v) is 4.10. The molecule has 1 aliphatic rings. The van der Waals surface area contributed by atoms with Gasteiger partial charge in [0, 0.05) is 22.9 Å². The number of aliphatic imine (C=N–C) groups is 1. The highest BCUT2D eigenvalue weighted by molar-refractivity contribution is 8.13. The molecule has 0 radical (unpaired) electrons. The van der Waals surface area contributed by atoms with Gasteiger partial charge >= 0.3 is 0 Å². The van der Waals surface area contributed by atoms with Gasteiger partial charge in [-0.15, -0.1) is 11.3 Å². The maximum absolute atomic E-state index is 4.53. The van der Waals surface area contributed by atoms with E-state index in [9.17, 15) is 0 Å². The normalized spacial score (nSPS) is 24.1. The van der Waals surface area contributed by atoms with Crippen molar-refractivity contribution in [1.29, 1.82) is 0 Å². The highest BCUT2D eigenvalue weighted by Crippen LogP contribution is 2.15.